The Labute approximate surface area is 102 Å². The molecule has 0 saturated carbocycles. The first-order valence-corrected chi connectivity index (χ1v) is 5.94. The number of hydrogen-bond donors (Lipinski definition) is 2. The lowest BCUT2D eigenvalue weighted by molar-refractivity contribution is -0.120. The van der Waals surface area contributed by atoms with Crippen molar-refractivity contribution in [2.24, 2.45) is 11.8 Å². The number of carbonyl (C=O) groups is 1. The number of anilines is 1. The number of pyridine rings is 1. The predicted octanol–water partition coefficient (Wildman–Crippen LogP) is 2.19. The van der Waals surface area contributed by atoms with E-state index in [0.29, 0.717) is 17.2 Å². The molecule has 2 N–H and O–H groups in total. The van der Waals surface area contributed by atoms with Gasteiger partial charge in [-0.05, 0) is 12.0 Å². The molecule has 1 heterocycles. The van der Waals surface area contributed by atoms with Crippen LogP contribution < -0.4 is 5.32 Å². The van der Waals surface area contributed by atoms with E-state index in [4.69, 9.17) is 5.11 Å². The number of aliphatic hydroxyl groups excluding tert-OH is 1. The van der Waals surface area contributed by atoms with Crippen molar-refractivity contribution in [3.63, 3.8) is 0 Å². The Bertz CT molecular complexity index is 379. The summed E-state index contributed by atoms with van der Waals surface area (Å²) in [5.41, 5.74) is 1.28. The lowest BCUT2D eigenvalue weighted by Gasteiger charge is -2.18. The first-order valence-electron chi connectivity index (χ1n) is 5.94. The number of hydrogen-bond acceptors (Lipinski definition) is 3. The Balaban J connectivity index is 2.74. The smallest absolute Gasteiger partial charge is 0.227 e. The highest BCUT2D eigenvalue weighted by atomic mass is 16.3. The molecule has 0 bridgehead atoms. The van der Waals surface area contributed by atoms with Crippen molar-refractivity contribution in [1.82, 2.24) is 4.98 Å². The maximum atomic E-state index is 12.0. The fourth-order valence-corrected chi connectivity index (χ4v) is 1.53. The van der Waals surface area contributed by atoms with Crippen molar-refractivity contribution in [1.29, 1.82) is 0 Å². The van der Waals surface area contributed by atoms with E-state index in [0.717, 1.165) is 6.42 Å². The van der Waals surface area contributed by atoms with Crippen molar-refractivity contribution >= 4 is 11.6 Å². The number of rotatable bonds is 5. The Morgan fingerprint density at radius 1 is 1.53 bits per heavy atom. The molecule has 0 unspecified atom stereocenters. The number of nitrogens with zero attached hydrogens (tertiary/aromatic N) is 1. The van der Waals surface area contributed by atoms with Gasteiger partial charge in [0.15, 0.2) is 0 Å². The van der Waals surface area contributed by atoms with Crippen molar-refractivity contribution in [3.05, 3.63) is 24.0 Å². The van der Waals surface area contributed by atoms with Crippen LogP contribution in [0.25, 0.3) is 0 Å². The molecule has 1 amide bonds. The Hall–Kier alpha value is -1.42. The standard InChI is InChI=1S/C13H20N2O2/c1-4-9(2)10(3)13(17)15-12-7-14-6-5-11(12)8-16/h5-7,9-10,16H,4,8H2,1-3H3,(H,15,17)/t9-,10-/m1/s1. The second-order valence-electron chi connectivity index (χ2n) is 4.35. The quantitative estimate of drug-likeness (QED) is 0.823. The van der Waals surface area contributed by atoms with Crippen molar-refractivity contribution in [2.75, 3.05) is 5.32 Å². The largest absolute Gasteiger partial charge is 0.392 e. The first kappa shape index (κ1) is 13.6. The van der Waals surface area contributed by atoms with Crippen LogP contribution in [0.2, 0.25) is 0 Å². The molecule has 0 radical (unpaired) electrons. The van der Waals surface area contributed by atoms with Gasteiger partial charge in [-0.25, -0.2) is 0 Å². The molecular weight excluding hydrogens is 216 g/mol. The summed E-state index contributed by atoms with van der Waals surface area (Å²) in [5.74, 6) is 0.262. The minimum Gasteiger partial charge on any atom is -0.392 e. The topological polar surface area (TPSA) is 62.2 Å². The minimum atomic E-state index is -0.101. The van der Waals surface area contributed by atoms with Crippen molar-refractivity contribution in [2.45, 2.75) is 33.8 Å². The van der Waals surface area contributed by atoms with Gasteiger partial charge in [0.25, 0.3) is 0 Å². The van der Waals surface area contributed by atoms with E-state index < -0.39 is 0 Å². The van der Waals surface area contributed by atoms with Gasteiger partial charge >= 0.3 is 0 Å². The molecule has 94 valence electrons. The zero-order valence-corrected chi connectivity index (χ0v) is 10.6. The van der Waals surface area contributed by atoms with Crippen molar-refractivity contribution < 1.29 is 9.90 Å². The summed E-state index contributed by atoms with van der Waals surface area (Å²) in [5, 5.41) is 12.0. The third kappa shape index (κ3) is 3.53. The Morgan fingerprint density at radius 2 is 2.24 bits per heavy atom. The van der Waals surface area contributed by atoms with E-state index in [1.807, 2.05) is 6.92 Å². The van der Waals surface area contributed by atoms with E-state index >= 15 is 0 Å². The number of nitrogens with one attached hydrogen (secondary N) is 1. The first-order chi connectivity index (χ1) is 8.10. The van der Waals surface area contributed by atoms with Gasteiger partial charge in [-0.15, -0.1) is 0 Å². The second kappa shape index (κ2) is 6.35. The number of amides is 1. The number of aliphatic hydroxyl groups is 1. The molecule has 0 saturated heterocycles. The van der Waals surface area contributed by atoms with Crippen molar-refractivity contribution in [3.8, 4) is 0 Å². The van der Waals surface area contributed by atoms with Crippen LogP contribution >= 0.6 is 0 Å². The van der Waals surface area contributed by atoms with Gasteiger partial charge in [-0.3, -0.25) is 9.78 Å². The van der Waals surface area contributed by atoms with Crippen LogP contribution in [0, 0.1) is 11.8 Å². The third-order valence-corrected chi connectivity index (χ3v) is 3.25. The van der Waals surface area contributed by atoms with Gasteiger partial charge in [-0.1, -0.05) is 27.2 Å². The molecule has 0 spiro atoms. The molecule has 0 aliphatic rings. The van der Waals surface area contributed by atoms with E-state index in [-0.39, 0.29) is 18.4 Å². The van der Waals surface area contributed by atoms with E-state index in [9.17, 15) is 4.79 Å². The van der Waals surface area contributed by atoms with E-state index in [1.54, 1.807) is 18.5 Å². The summed E-state index contributed by atoms with van der Waals surface area (Å²) >= 11 is 0. The van der Waals surface area contributed by atoms with Gasteiger partial charge in [-0.2, -0.15) is 0 Å². The summed E-state index contributed by atoms with van der Waals surface area (Å²) in [4.78, 5) is 15.9. The molecule has 0 aliphatic heterocycles. The van der Waals surface area contributed by atoms with Crippen LogP contribution in [0.3, 0.4) is 0 Å². The highest BCUT2D eigenvalue weighted by Crippen LogP contribution is 2.19. The maximum absolute atomic E-state index is 12.0. The fraction of sp³-hybridized carbons (Fsp3) is 0.538. The van der Waals surface area contributed by atoms with Crippen LogP contribution in [-0.2, 0) is 11.4 Å². The van der Waals surface area contributed by atoms with Gasteiger partial charge in [0, 0.05) is 17.7 Å². The summed E-state index contributed by atoms with van der Waals surface area (Å²) in [6, 6.07) is 1.70. The molecule has 1 rings (SSSR count). The maximum Gasteiger partial charge on any atom is 0.227 e. The van der Waals surface area contributed by atoms with E-state index in [2.05, 4.69) is 24.1 Å². The molecule has 4 heteroatoms. The summed E-state index contributed by atoms with van der Waals surface area (Å²) in [7, 11) is 0. The molecule has 0 aromatic carbocycles. The highest BCUT2D eigenvalue weighted by Gasteiger charge is 2.19. The predicted molar refractivity (Wildman–Crippen MR) is 67.4 cm³/mol. The van der Waals surface area contributed by atoms with E-state index in [1.165, 1.54) is 0 Å². The molecule has 1 aromatic rings. The number of aromatic nitrogens is 1. The van der Waals surface area contributed by atoms with Gasteiger partial charge in [0.05, 0.1) is 18.5 Å². The Morgan fingerprint density at radius 3 is 2.82 bits per heavy atom. The molecule has 2 atom stereocenters. The lowest BCUT2D eigenvalue weighted by atomic mass is 9.93. The second-order valence-corrected chi connectivity index (χ2v) is 4.35. The lowest BCUT2D eigenvalue weighted by Crippen LogP contribution is -2.26. The Kier molecular flexibility index (Phi) is 5.10. The molecule has 17 heavy (non-hydrogen) atoms. The highest BCUT2D eigenvalue weighted by molar-refractivity contribution is 5.93. The normalized spacial score (nSPS) is 14.1. The SMILES string of the molecule is CC[C@@H](C)[C@@H](C)C(=O)Nc1cnccc1CO. The summed E-state index contributed by atoms with van der Waals surface area (Å²) < 4.78 is 0. The minimum absolute atomic E-state index is 0.0259. The zero-order chi connectivity index (χ0) is 12.8. The van der Waals surface area contributed by atoms with Gasteiger partial charge in [0.1, 0.15) is 0 Å². The molecular formula is C13H20N2O2. The number of carbonyl (C=O) groups excluding carboxylic acids is 1. The monoisotopic (exact) mass is 236 g/mol. The van der Waals surface area contributed by atoms with Crippen LogP contribution in [0.15, 0.2) is 18.5 Å². The molecule has 1 aromatic heterocycles. The zero-order valence-electron chi connectivity index (χ0n) is 10.6. The van der Waals surface area contributed by atoms with Crippen LogP contribution in [0.5, 0.6) is 0 Å². The third-order valence-electron chi connectivity index (χ3n) is 3.25. The summed E-state index contributed by atoms with van der Waals surface area (Å²) in [6.45, 7) is 5.94. The average molecular weight is 236 g/mol. The summed E-state index contributed by atoms with van der Waals surface area (Å²) in [6.07, 6.45) is 4.13. The van der Waals surface area contributed by atoms with Crippen LogP contribution in [0.1, 0.15) is 32.8 Å². The molecule has 4 nitrogen and oxygen atoms in total. The molecule has 0 aliphatic carbocycles. The van der Waals surface area contributed by atoms with Gasteiger partial charge < -0.3 is 10.4 Å². The van der Waals surface area contributed by atoms with Gasteiger partial charge in [0.2, 0.25) is 5.91 Å². The fourth-order valence-electron chi connectivity index (χ4n) is 1.53. The average Bonchev–Trinajstić information content (AvgIpc) is 2.37. The van der Waals surface area contributed by atoms with Crippen LogP contribution in [-0.4, -0.2) is 16.0 Å². The molecule has 0 fully saturated rings. The van der Waals surface area contributed by atoms with Crippen LogP contribution in [0.4, 0.5) is 5.69 Å².